The summed E-state index contributed by atoms with van der Waals surface area (Å²) in [6.45, 7) is 6.26. The number of hydrogen-bond donors (Lipinski definition) is 2. The average molecular weight is 328 g/mol. The highest BCUT2D eigenvalue weighted by Gasteiger charge is 2.15. The minimum Gasteiger partial charge on any atom is -0.487 e. The third-order valence-electron chi connectivity index (χ3n) is 3.15. The van der Waals surface area contributed by atoms with Gasteiger partial charge >= 0.3 is 6.09 Å². The lowest BCUT2D eigenvalue weighted by Crippen LogP contribution is -2.32. The molecule has 0 atom stereocenters. The van der Waals surface area contributed by atoms with Crippen molar-refractivity contribution in [1.82, 2.24) is 5.32 Å². The highest BCUT2D eigenvalue weighted by Crippen LogP contribution is 2.24. The second-order valence-corrected chi connectivity index (χ2v) is 6.50. The van der Waals surface area contributed by atoms with Gasteiger partial charge in [0, 0.05) is 6.54 Å². The van der Waals surface area contributed by atoms with E-state index in [9.17, 15) is 4.79 Å². The molecule has 0 heterocycles. The summed E-state index contributed by atoms with van der Waals surface area (Å²) in [5.74, 6) is 0.599. The van der Waals surface area contributed by atoms with Crippen molar-refractivity contribution in [2.45, 2.75) is 39.5 Å². The van der Waals surface area contributed by atoms with E-state index in [0.29, 0.717) is 24.6 Å². The Morgan fingerprint density at radius 1 is 1.08 bits per heavy atom. The van der Waals surface area contributed by atoms with Crippen molar-refractivity contribution in [3.05, 3.63) is 59.7 Å². The molecule has 5 nitrogen and oxygen atoms in total. The smallest absolute Gasteiger partial charge is 0.407 e. The van der Waals surface area contributed by atoms with Crippen LogP contribution < -0.4 is 15.8 Å². The molecular formula is C19H24N2O3. The molecule has 2 rings (SSSR count). The maximum Gasteiger partial charge on any atom is 0.407 e. The number of ether oxygens (including phenoxy) is 2. The fraction of sp³-hybridized carbons (Fsp3) is 0.316. The van der Waals surface area contributed by atoms with Crippen LogP contribution in [0.4, 0.5) is 10.5 Å². The molecule has 0 aliphatic rings. The molecule has 3 N–H and O–H groups in total. The molecule has 0 aromatic heterocycles. The molecule has 0 unspecified atom stereocenters. The first-order valence-electron chi connectivity index (χ1n) is 7.85. The van der Waals surface area contributed by atoms with Gasteiger partial charge in [-0.1, -0.05) is 36.4 Å². The average Bonchev–Trinajstić information content (AvgIpc) is 2.52. The molecule has 2 aromatic rings. The molecule has 0 saturated heterocycles. The van der Waals surface area contributed by atoms with Crippen LogP contribution in [0.15, 0.2) is 48.5 Å². The fourth-order valence-electron chi connectivity index (χ4n) is 2.04. The number of nitrogen functional groups attached to an aromatic ring is 1. The Kier molecular flexibility index (Phi) is 5.68. The fourth-order valence-corrected chi connectivity index (χ4v) is 2.04. The Bertz CT molecular complexity index is 679. The quantitative estimate of drug-likeness (QED) is 0.817. The molecule has 24 heavy (non-hydrogen) atoms. The summed E-state index contributed by atoms with van der Waals surface area (Å²) in [6, 6.07) is 15.3. The van der Waals surface area contributed by atoms with Crippen molar-refractivity contribution < 1.29 is 14.3 Å². The number of carbonyl (C=O) groups is 1. The van der Waals surface area contributed by atoms with E-state index >= 15 is 0 Å². The summed E-state index contributed by atoms with van der Waals surface area (Å²) < 4.78 is 11.0. The molecule has 0 bridgehead atoms. The molecule has 0 radical (unpaired) electrons. The molecule has 0 spiro atoms. The first-order chi connectivity index (χ1) is 11.3. The van der Waals surface area contributed by atoms with Crippen LogP contribution in [0.3, 0.4) is 0 Å². The first-order valence-corrected chi connectivity index (χ1v) is 7.85. The third-order valence-corrected chi connectivity index (χ3v) is 3.15. The van der Waals surface area contributed by atoms with Gasteiger partial charge in [0.2, 0.25) is 0 Å². The van der Waals surface area contributed by atoms with Gasteiger partial charge in [-0.3, -0.25) is 0 Å². The Balaban J connectivity index is 1.94. The van der Waals surface area contributed by atoms with Gasteiger partial charge in [-0.25, -0.2) is 4.79 Å². The highest BCUT2D eigenvalue weighted by atomic mass is 16.6. The second-order valence-electron chi connectivity index (χ2n) is 6.50. The largest absolute Gasteiger partial charge is 0.487 e. The molecule has 5 heteroatoms. The number of nitrogens with one attached hydrogen (secondary N) is 1. The van der Waals surface area contributed by atoms with Gasteiger partial charge in [-0.05, 0) is 44.0 Å². The molecule has 0 fully saturated rings. The van der Waals surface area contributed by atoms with E-state index < -0.39 is 11.7 Å². The lowest BCUT2D eigenvalue weighted by Gasteiger charge is -2.19. The Labute approximate surface area is 142 Å². The zero-order valence-corrected chi connectivity index (χ0v) is 14.3. The SMILES string of the molecule is CC(C)(C)OC(=O)NCc1ccc(N)c(OCc2ccccc2)c1. The number of amides is 1. The van der Waals surface area contributed by atoms with Crippen LogP contribution in [-0.2, 0) is 17.9 Å². The van der Waals surface area contributed by atoms with Gasteiger partial charge in [-0.15, -0.1) is 0 Å². The summed E-state index contributed by atoms with van der Waals surface area (Å²) in [5, 5.41) is 2.72. The van der Waals surface area contributed by atoms with Crippen LogP contribution in [0.25, 0.3) is 0 Å². The monoisotopic (exact) mass is 328 g/mol. The van der Waals surface area contributed by atoms with Crippen molar-refractivity contribution in [3.63, 3.8) is 0 Å². The van der Waals surface area contributed by atoms with Crippen LogP contribution >= 0.6 is 0 Å². The van der Waals surface area contributed by atoms with Crippen molar-refractivity contribution in [1.29, 1.82) is 0 Å². The number of alkyl carbamates (subject to hydrolysis) is 1. The minimum atomic E-state index is -0.519. The molecule has 0 aliphatic carbocycles. The third kappa shape index (κ3) is 5.83. The zero-order valence-electron chi connectivity index (χ0n) is 14.3. The van der Waals surface area contributed by atoms with E-state index in [1.807, 2.05) is 63.2 Å². The number of anilines is 1. The van der Waals surface area contributed by atoms with Gasteiger partial charge in [0.15, 0.2) is 0 Å². The minimum absolute atomic E-state index is 0.344. The number of rotatable bonds is 5. The predicted molar refractivity (Wildman–Crippen MR) is 94.7 cm³/mol. The van der Waals surface area contributed by atoms with Gasteiger partial charge in [0.1, 0.15) is 18.0 Å². The van der Waals surface area contributed by atoms with E-state index in [-0.39, 0.29) is 0 Å². The van der Waals surface area contributed by atoms with Crippen molar-refractivity contribution in [2.24, 2.45) is 0 Å². The topological polar surface area (TPSA) is 73.6 Å². The number of hydrogen-bond acceptors (Lipinski definition) is 4. The van der Waals surface area contributed by atoms with Crippen molar-refractivity contribution in [2.75, 3.05) is 5.73 Å². The van der Waals surface area contributed by atoms with E-state index in [0.717, 1.165) is 11.1 Å². The molecule has 0 saturated carbocycles. The first kappa shape index (κ1) is 17.7. The molecule has 1 amide bonds. The van der Waals surface area contributed by atoms with E-state index in [2.05, 4.69) is 5.32 Å². The number of carbonyl (C=O) groups excluding carboxylic acids is 1. The standard InChI is InChI=1S/C19H24N2O3/c1-19(2,3)24-18(22)21-12-15-9-10-16(20)17(11-15)23-13-14-7-5-4-6-8-14/h4-11H,12-13,20H2,1-3H3,(H,21,22). The number of benzene rings is 2. The molecule has 0 aliphatic heterocycles. The van der Waals surface area contributed by atoms with Crippen LogP contribution in [0.5, 0.6) is 5.75 Å². The van der Waals surface area contributed by atoms with Crippen molar-refractivity contribution in [3.8, 4) is 5.75 Å². The van der Waals surface area contributed by atoms with E-state index in [4.69, 9.17) is 15.2 Å². The van der Waals surface area contributed by atoms with Crippen molar-refractivity contribution >= 4 is 11.8 Å². The van der Waals surface area contributed by atoms with Gasteiger partial charge in [-0.2, -0.15) is 0 Å². The van der Waals surface area contributed by atoms with Crippen LogP contribution in [0, 0.1) is 0 Å². The Hall–Kier alpha value is -2.69. The summed E-state index contributed by atoms with van der Waals surface area (Å²) >= 11 is 0. The Morgan fingerprint density at radius 3 is 2.46 bits per heavy atom. The van der Waals surface area contributed by atoms with Gasteiger partial charge < -0.3 is 20.5 Å². The summed E-state index contributed by atoms with van der Waals surface area (Å²) in [7, 11) is 0. The molecular weight excluding hydrogens is 304 g/mol. The molecule has 2 aromatic carbocycles. The normalized spacial score (nSPS) is 11.0. The van der Waals surface area contributed by atoms with Gasteiger partial charge in [0.05, 0.1) is 5.69 Å². The summed E-state index contributed by atoms with van der Waals surface area (Å²) in [5.41, 5.74) is 7.95. The van der Waals surface area contributed by atoms with Gasteiger partial charge in [0.25, 0.3) is 0 Å². The maximum atomic E-state index is 11.7. The Morgan fingerprint density at radius 2 is 1.79 bits per heavy atom. The maximum absolute atomic E-state index is 11.7. The molecule has 128 valence electrons. The summed E-state index contributed by atoms with van der Waals surface area (Å²) in [6.07, 6.45) is -0.453. The highest BCUT2D eigenvalue weighted by molar-refractivity contribution is 5.67. The second kappa shape index (κ2) is 7.73. The predicted octanol–water partition coefficient (Wildman–Crippen LogP) is 3.87. The summed E-state index contributed by atoms with van der Waals surface area (Å²) in [4.78, 5) is 11.7. The lowest BCUT2D eigenvalue weighted by atomic mass is 10.2. The van der Waals surface area contributed by atoms with Crippen LogP contribution in [-0.4, -0.2) is 11.7 Å². The number of nitrogens with two attached hydrogens (primary N) is 1. The van der Waals surface area contributed by atoms with Crippen LogP contribution in [0.2, 0.25) is 0 Å². The van der Waals surface area contributed by atoms with E-state index in [1.54, 1.807) is 6.07 Å². The lowest BCUT2D eigenvalue weighted by molar-refractivity contribution is 0.0523. The zero-order chi connectivity index (χ0) is 17.6. The van der Waals surface area contributed by atoms with E-state index in [1.165, 1.54) is 0 Å². The van der Waals surface area contributed by atoms with Crippen LogP contribution in [0.1, 0.15) is 31.9 Å².